The Morgan fingerprint density at radius 3 is 2.62 bits per heavy atom. The first-order valence-electron chi connectivity index (χ1n) is 5.57. The minimum Gasteiger partial charge on any atom is -0.354 e. The molecule has 1 aromatic heterocycles. The molecule has 16 heavy (non-hydrogen) atoms. The van der Waals surface area contributed by atoms with Gasteiger partial charge >= 0.3 is 0 Å². The van der Waals surface area contributed by atoms with Crippen molar-refractivity contribution in [1.82, 2.24) is 9.88 Å². The second kappa shape index (κ2) is 4.22. The van der Waals surface area contributed by atoms with E-state index >= 15 is 0 Å². The van der Waals surface area contributed by atoms with Gasteiger partial charge in [0, 0.05) is 31.4 Å². The second-order valence-corrected chi connectivity index (χ2v) is 5.43. The van der Waals surface area contributed by atoms with Crippen molar-refractivity contribution in [3.8, 4) is 0 Å². The highest BCUT2D eigenvalue weighted by Gasteiger charge is 2.31. The minimum absolute atomic E-state index is 0.194. The van der Waals surface area contributed by atoms with Crippen LogP contribution in [0.1, 0.15) is 13.8 Å². The van der Waals surface area contributed by atoms with Gasteiger partial charge in [-0.3, -0.25) is 4.90 Å². The van der Waals surface area contributed by atoms with E-state index in [1.54, 1.807) is 6.20 Å². The Labute approximate surface area is 102 Å². The molecule has 0 radical (unpaired) electrons. The zero-order chi connectivity index (χ0) is 11.8. The summed E-state index contributed by atoms with van der Waals surface area (Å²) in [4.78, 5) is 9.07. The first-order valence-corrected chi connectivity index (χ1v) is 5.94. The molecule has 1 fully saturated rings. The molecule has 0 bridgehead atoms. The van der Waals surface area contributed by atoms with E-state index in [9.17, 15) is 0 Å². The minimum atomic E-state index is 0.194. The zero-order valence-electron chi connectivity index (χ0n) is 10.1. The highest BCUT2D eigenvalue weighted by Crippen LogP contribution is 2.23. The van der Waals surface area contributed by atoms with E-state index < -0.39 is 0 Å². The fourth-order valence-corrected chi connectivity index (χ4v) is 2.10. The standard InChI is InChI=1S/C12H18ClN3/c1-12(2)9-16(7-6-15(12)3)11-5-4-10(13)8-14-11/h4-5,8H,6-7,9H2,1-3H3. The molecule has 0 atom stereocenters. The molecular weight excluding hydrogens is 222 g/mol. The van der Waals surface area contributed by atoms with Crippen LogP contribution in [0.15, 0.2) is 18.3 Å². The Kier molecular flexibility index (Phi) is 3.08. The quantitative estimate of drug-likeness (QED) is 0.750. The number of hydrogen-bond acceptors (Lipinski definition) is 3. The van der Waals surface area contributed by atoms with Crippen LogP contribution >= 0.6 is 11.6 Å². The molecule has 3 nitrogen and oxygen atoms in total. The normalized spacial score (nSPS) is 21.1. The highest BCUT2D eigenvalue weighted by molar-refractivity contribution is 6.30. The average Bonchev–Trinajstić information content (AvgIpc) is 2.23. The van der Waals surface area contributed by atoms with Crippen molar-refractivity contribution in [1.29, 1.82) is 0 Å². The third kappa shape index (κ3) is 2.30. The molecule has 0 aromatic carbocycles. The molecule has 88 valence electrons. The number of aromatic nitrogens is 1. The zero-order valence-corrected chi connectivity index (χ0v) is 10.8. The predicted octanol–water partition coefficient (Wildman–Crippen LogP) is 2.27. The van der Waals surface area contributed by atoms with Crippen LogP contribution in [0, 0.1) is 0 Å². The first-order chi connectivity index (χ1) is 7.49. The average molecular weight is 240 g/mol. The van der Waals surface area contributed by atoms with Gasteiger partial charge in [-0.15, -0.1) is 0 Å². The predicted molar refractivity (Wildman–Crippen MR) is 68.2 cm³/mol. The fourth-order valence-electron chi connectivity index (χ4n) is 1.99. The molecule has 0 spiro atoms. The molecule has 0 aliphatic carbocycles. The van der Waals surface area contributed by atoms with Crippen molar-refractivity contribution in [3.05, 3.63) is 23.4 Å². The summed E-state index contributed by atoms with van der Waals surface area (Å²) >= 11 is 5.84. The van der Waals surface area contributed by atoms with Crippen molar-refractivity contribution in [3.63, 3.8) is 0 Å². The molecule has 0 amide bonds. The van der Waals surface area contributed by atoms with Gasteiger partial charge in [0.2, 0.25) is 0 Å². The maximum atomic E-state index is 5.84. The van der Waals surface area contributed by atoms with Gasteiger partial charge in [0.25, 0.3) is 0 Å². The Hall–Kier alpha value is -0.800. The molecule has 2 rings (SSSR count). The lowest BCUT2D eigenvalue weighted by atomic mass is 10.00. The summed E-state index contributed by atoms with van der Waals surface area (Å²) in [6, 6.07) is 3.89. The Morgan fingerprint density at radius 1 is 1.31 bits per heavy atom. The van der Waals surface area contributed by atoms with Crippen LogP contribution in [-0.4, -0.2) is 42.1 Å². The number of nitrogens with zero attached hydrogens (tertiary/aromatic N) is 3. The van der Waals surface area contributed by atoms with E-state index in [1.165, 1.54) is 0 Å². The summed E-state index contributed by atoms with van der Waals surface area (Å²) in [5, 5.41) is 0.692. The topological polar surface area (TPSA) is 19.4 Å². The Bertz CT molecular complexity index is 361. The van der Waals surface area contributed by atoms with Crippen molar-refractivity contribution in [2.24, 2.45) is 0 Å². The van der Waals surface area contributed by atoms with Gasteiger partial charge in [-0.1, -0.05) is 11.6 Å². The molecule has 0 unspecified atom stereocenters. The van der Waals surface area contributed by atoms with Gasteiger partial charge in [-0.25, -0.2) is 4.98 Å². The van der Waals surface area contributed by atoms with Crippen molar-refractivity contribution < 1.29 is 0 Å². The van der Waals surface area contributed by atoms with Crippen LogP contribution in [0.4, 0.5) is 5.82 Å². The SMILES string of the molecule is CN1CCN(c2ccc(Cl)cn2)CC1(C)C. The molecule has 1 aromatic rings. The molecule has 0 saturated carbocycles. The number of rotatable bonds is 1. The van der Waals surface area contributed by atoms with Gasteiger partial charge in [0.1, 0.15) is 5.82 Å². The number of pyridine rings is 1. The third-order valence-corrected chi connectivity index (χ3v) is 3.58. The largest absolute Gasteiger partial charge is 0.354 e. The Balaban J connectivity index is 2.14. The fraction of sp³-hybridized carbons (Fsp3) is 0.583. The van der Waals surface area contributed by atoms with Crippen LogP contribution in [0.25, 0.3) is 0 Å². The van der Waals surface area contributed by atoms with Gasteiger partial charge in [-0.2, -0.15) is 0 Å². The molecule has 1 aliphatic heterocycles. The maximum absolute atomic E-state index is 5.84. The van der Waals surface area contributed by atoms with Crippen LogP contribution in [0.5, 0.6) is 0 Å². The monoisotopic (exact) mass is 239 g/mol. The number of halogens is 1. The Morgan fingerprint density at radius 2 is 2.06 bits per heavy atom. The lowest BCUT2D eigenvalue weighted by Gasteiger charge is -2.45. The summed E-state index contributed by atoms with van der Waals surface area (Å²) in [7, 11) is 2.17. The van der Waals surface area contributed by atoms with E-state index in [0.717, 1.165) is 25.5 Å². The van der Waals surface area contributed by atoms with E-state index in [2.05, 4.69) is 35.7 Å². The number of likely N-dealkylation sites (N-methyl/N-ethyl adjacent to an activating group) is 1. The lowest BCUT2D eigenvalue weighted by Crippen LogP contribution is -2.57. The number of anilines is 1. The van der Waals surface area contributed by atoms with Crippen LogP contribution < -0.4 is 4.90 Å². The van der Waals surface area contributed by atoms with E-state index in [4.69, 9.17) is 11.6 Å². The van der Waals surface area contributed by atoms with Crippen molar-refractivity contribution in [2.75, 3.05) is 31.6 Å². The lowest BCUT2D eigenvalue weighted by molar-refractivity contribution is 0.138. The number of hydrogen-bond donors (Lipinski definition) is 0. The van der Waals surface area contributed by atoms with Crippen LogP contribution in [0.3, 0.4) is 0 Å². The molecule has 2 heterocycles. The van der Waals surface area contributed by atoms with Gasteiger partial charge in [-0.05, 0) is 33.0 Å². The molecular formula is C12H18ClN3. The van der Waals surface area contributed by atoms with Gasteiger partial charge in [0.15, 0.2) is 0 Å². The first kappa shape index (κ1) is 11.7. The van der Waals surface area contributed by atoms with Gasteiger partial charge in [0.05, 0.1) is 5.02 Å². The summed E-state index contributed by atoms with van der Waals surface area (Å²) in [6.45, 7) is 7.61. The molecule has 1 aliphatic rings. The summed E-state index contributed by atoms with van der Waals surface area (Å²) in [6.07, 6.45) is 1.71. The summed E-state index contributed by atoms with van der Waals surface area (Å²) in [5.41, 5.74) is 0.194. The molecule has 4 heteroatoms. The van der Waals surface area contributed by atoms with E-state index in [1.807, 2.05) is 12.1 Å². The summed E-state index contributed by atoms with van der Waals surface area (Å²) in [5.74, 6) is 1.02. The van der Waals surface area contributed by atoms with Crippen LogP contribution in [-0.2, 0) is 0 Å². The van der Waals surface area contributed by atoms with E-state index in [-0.39, 0.29) is 5.54 Å². The molecule has 1 saturated heterocycles. The van der Waals surface area contributed by atoms with Crippen molar-refractivity contribution >= 4 is 17.4 Å². The third-order valence-electron chi connectivity index (χ3n) is 3.35. The molecule has 0 N–H and O–H groups in total. The van der Waals surface area contributed by atoms with E-state index in [0.29, 0.717) is 5.02 Å². The highest BCUT2D eigenvalue weighted by atomic mass is 35.5. The van der Waals surface area contributed by atoms with Crippen molar-refractivity contribution in [2.45, 2.75) is 19.4 Å². The summed E-state index contributed by atoms with van der Waals surface area (Å²) < 4.78 is 0. The number of piperazine rings is 1. The van der Waals surface area contributed by atoms with Gasteiger partial charge < -0.3 is 4.90 Å². The smallest absolute Gasteiger partial charge is 0.128 e. The van der Waals surface area contributed by atoms with Crippen LogP contribution in [0.2, 0.25) is 5.02 Å². The second-order valence-electron chi connectivity index (χ2n) is 4.99. The maximum Gasteiger partial charge on any atom is 0.128 e.